The number of rotatable bonds is 6. The van der Waals surface area contributed by atoms with E-state index in [9.17, 15) is 0 Å². The Hall–Kier alpha value is -0.420. The first-order valence-electron chi connectivity index (χ1n) is 6.05. The fraction of sp³-hybridized carbons (Fsp3) is 0.846. The van der Waals surface area contributed by atoms with Gasteiger partial charge in [-0.2, -0.15) is 0 Å². The maximum absolute atomic E-state index is 5.90. The van der Waals surface area contributed by atoms with Crippen molar-refractivity contribution < 1.29 is 18.9 Å². The predicted molar refractivity (Wildman–Crippen MR) is 65.6 cm³/mol. The van der Waals surface area contributed by atoms with E-state index < -0.39 is 0 Å². The normalized spacial score (nSPS) is 38.0. The molecular formula is C13H24O4. The van der Waals surface area contributed by atoms with E-state index in [1.807, 2.05) is 6.08 Å². The molecular weight excluding hydrogens is 220 g/mol. The summed E-state index contributed by atoms with van der Waals surface area (Å²) in [7, 11) is 3.29. The molecule has 0 aromatic rings. The maximum Gasteiger partial charge on any atom is 0.162 e. The fourth-order valence-electron chi connectivity index (χ4n) is 2.42. The summed E-state index contributed by atoms with van der Waals surface area (Å²) >= 11 is 0. The van der Waals surface area contributed by atoms with Crippen LogP contribution in [0.25, 0.3) is 0 Å². The summed E-state index contributed by atoms with van der Waals surface area (Å²) < 4.78 is 22.0. The molecule has 0 aromatic heterocycles. The molecule has 1 aliphatic heterocycles. The van der Waals surface area contributed by atoms with Gasteiger partial charge >= 0.3 is 0 Å². The van der Waals surface area contributed by atoms with Crippen LogP contribution >= 0.6 is 0 Å². The lowest BCUT2D eigenvalue weighted by atomic mass is 9.84. The topological polar surface area (TPSA) is 36.9 Å². The van der Waals surface area contributed by atoms with Gasteiger partial charge in [-0.3, -0.25) is 0 Å². The van der Waals surface area contributed by atoms with Crippen LogP contribution in [0, 0.1) is 11.8 Å². The molecule has 0 aliphatic carbocycles. The van der Waals surface area contributed by atoms with Crippen molar-refractivity contribution in [1.29, 1.82) is 0 Å². The Labute approximate surface area is 104 Å². The molecule has 1 rings (SSSR count). The second kappa shape index (κ2) is 7.11. The van der Waals surface area contributed by atoms with E-state index in [1.54, 1.807) is 14.2 Å². The van der Waals surface area contributed by atoms with Gasteiger partial charge in [0, 0.05) is 26.1 Å². The first-order chi connectivity index (χ1) is 8.15. The Balaban J connectivity index is 2.71. The van der Waals surface area contributed by atoms with Gasteiger partial charge in [-0.25, -0.2) is 0 Å². The Morgan fingerprint density at radius 2 is 1.94 bits per heavy atom. The van der Waals surface area contributed by atoms with Crippen molar-refractivity contribution in [2.24, 2.45) is 11.8 Å². The van der Waals surface area contributed by atoms with Crippen LogP contribution in [0.1, 0.15) is 20.3 Å². The van der Waals surface area contributed by atoms with Crippen molar-refractivity contribution >= 4 is 0 Å². The standard InChI is InChI=1S/C13H24O4/c1-6-7-11-9(2)12(16-8-14-4)10(3)13(15-5)17-11/h6,9-13H,1,7-8H2,2-5H3/t9-,10-,11+,12+,13?/m1/s1. The highest BCUT2D eigenvalue weighted by Gasteiger charge is 2.41. The molecule has 0 aromatic carbocycles. The molecule has 0 radical (unpaired) electrons. The van der Waals surface area contributed by atoms with Gasteiger partial charge in [0.05, 0.1) is 12.2 Å². The molecule has 0 saturated carbocycles. The summed E-state index contributed by atoms with van der Waals surface area (Å²) in [5, 5.41) is 0. The average molecular weight is 244 g/mol. The molecule has 100 valence electrons. The van der Waals surface area contributed by atoms with Gasteiger partial charge in [0.15, 0.2) is 6.29 Å². The van der Waals surface area contributed by atoms with Crippen LogP contribution in [-0.4, -0.2) is 39.5 Å². The zero-order valence-corrected chi connectivity index (χ0v) is 11.2. The van der Waals surface area contributed by atoms with Crippen LogP contribution in [0.2, 0.25) is 0 Å². The molecule has 1 fully saturated rings. The highest BCUT2D eigenvalue weighted by atomic mass is 16.7. The highest BCUT2D eigenvalue weighted by molar-refractivity contribution is 4.89. The van der Waals surface area contributed by atoms with Gasteiger partial charge in [-0.1, -0.05) is 19.9 Å². The lowest BCUT2D eigenvalue weighted by Gasteiger charge is -2.43. The Kier molecular flexibility index (Phi) is 6.12. The first kappa shape index (κ1) is 14.6. The molecule has 0 bridgehead atoms. The SMILES string of the molecule is C=CC[C@@H]1OC(OC)[C@H](C)[C@@H](OCOC)[C@@H]1C. The van der Waals surface area contributed by atoms with Crippen LogP contribution in [0.5, 0.6) is 0 Å². The van der Waals surface area contributed by atoms with E-state index in [0.29, 0.717) is 12.7 Å². The van der Waals surface area contributed by atoms with E-state index in [4.69, 9.17) is 18.9 Å². The summed E-state index contributed by atoms with van der Waals surface area (Å²) in [5.41, 5.74) is 0. The summed E-state index contributed by atoms with van der Waals surface area (Å²) in [6.45, 7) is 8.28. The van der Waals surface area contributed by atoms with Crippen LogP contribution in [-0.2, 0) is 18.9 Å². The molecule has 0 amide bonds. The van der Waals surface area contributed by atoms with E-state index in [0.717, 1.165) is 6.42 Å². The van der Waals surface area contributed by atoms with E-state index in [-0.39, 0.29) is 24.4 Å². The molecule has 1 unspecified atom stereocenters. The summed E-state index contributed by atoms with van der Waals surface area (Å²) in [6.07, 6.45) is 2.63. The lowest BCUT2D eigenvalue weighted by Crippen LogP contribution is -2.50. The van der Waals surface area contributed by atoms with Crippen molar-refractivity contribution in [3.05, 3.63) is 12.7 Å². The molecule has 17 heavy (non-hydrogen) atoms. The maximum atomic E-state index is 5.90. The third-order valence-corrected chi connectivity index (χ3v) is 3.37. The van der Waals surface area contributed by atoms with E-state index >= 15 is 0 Å². The van der Waals surface area contributed by atoms with Gasteiger partial charge in [-0.05, 0) is 6.42 Å². The minimum absolute atomic E-state index is 0.0820. The van der Waals surface area contributed by atoms with Gasteiger partial charge in [-0.15, -0.1) is 6.58 Å². The Bertz CT molecular complexity index is 231. The van der Waals surface area contributed by atoms with Crippen LogP contribution in [0.4, 0.5) is 0 Å². The molecule has 0 spiro atoms. The Morgan fingerprint density at radius 3 is 2.47 bits per heavy atom. The van der Waals surface area contributed by atoms with E-state index in [2.05, 4.69) is 20.4 Å². The quantitative estimate of drug-likeness (QED) is 0.530. The van der Waals surface area contributed by atoms with Crippen molar-refractivity contribution in [3.63, 3.8) is 0 Å². The fourth-order valence-corrected chi connectivity index (χ4v) is 2.42. The van der Waals surface area contributed by atoms with Crippen LogP contribution in [0.15, 0.2) is 12.7 Å². The Morgan fingerprint density at radius 1 is 1.24 bits per heavy atom. The van der Waals surface area contributed by atoms with Gasteiger partial charge in [0.25, 0.3) is 0 Å². The predicted octanol–water partition coefficient (Wildman–Crippen LogP) is 2.20. The van der Waals surface area contributed by atoms with Gasteiger partial charge in [0.1, 0.15) is 6.79 Å². The van der Waals surface area contributed by atoms with Gasteiger partial charge in [0.2, 0.25) is 0 Å². The second-order valence-corrected chi connectivity index (χ2v) is 4.56. The van der Waals surface area contributed by atoms with Crippen LogP contribution in [0.3, 0.4) is 0 Å². The second-order valence-electron chi connectivity index (χ2n) is 4.56. The summed E-state index contributed by atoms with van der Waals surface area (Å²) in [6, 6.07) is 0. The highest BCUT2D eigenvalue weighted by Crippen LogP contribution is 2.34. The monoisotopic (exact) mass is 244 g/mol. The summed E-state index contributed by atoms with van der Waals surface area (Å²) in [4.78, 5) is 0. The molecule has 1 aliphatic rings. The van der Waals surface area contributed by atoms with E-state index in [1.165, 1.54) is 0 Å². The lowest BCUT2D eigenvalue weighted by molar-refractivity contribution is -0.269. The van der Waals surface area contributed by atoms with Crippen LogP contribution < -0.4 is 0 Å². The third-order valence-electron chi connectivity index (χ3n) is 3.37. The molecule has 1 saturated heterocycles. The number of hydrogen-bond acceptors (Lipinski definition) is 4. The molecule has 4 nitrogen and oxygen atoms in total. The third kappa shape index (κ3) is 3.52. The van der Waals surface area contributed by atoms with Crippen molar-refractivity contribution in [1.82, 2.24) is 0 Å². The number of ether oxygens (including phenoxy) is 4. The number of methoxy groups -OCH3 is 2. The largest absolute Gasteiger partial charge is 0.359 e. The minimum Gasteiger partial charge on any atom is -0.359 e. The molecule has 1 heterocycles. The zero-order chi connectivity index (χ0) is 12.8. The molecule has 4 heteroatoms. The van der Waals surface area contributed by atoms with Crippen molar-refractivity contribution in [3.8, 4) is 0 Å². The summed E-state index contributed by atoms with van der Waals surface area (Å²) in [5.74, 6) is 0.482. The molecule has 0 N–H and O–H groups in total. The average Bonchev–Trinajstić information content (AvgIpc) is 2.33. The smallest absolute Gasteiger partial charge is 0.162 e. The molecule has 5 atom stereocenters. The van der Waals surface area contributed by atoms with Crippen molar-refractivity contribution in [2.75, 3.05) is 21.0 Å². The number of hydrogen-bond donors (Lipinski definition) is 0. The first-order valence-corrected chi connectivity index (χ1v) is 6.05. The van der Waals surface area contributed by atoms with Gasteiger partial charge < -0.3 is 18.9 Å². The zero-order valence-electron chi connectivity index (χ0n) is 11.2. The van der Waals surface area contributed by atoms with Crippen molar-refractivity contribution in [2.45, 2.75) is 38.8 Å². The minimum atomic E-state index is -0.224.